The summed E-state index contributed by atoms with van der Waals surface area (Å²) < 4.78 is 0. The summed E-state index contributed by atoms with van der Waals surface area (Å²) in [7, 11) is 0. The Labute approximate surface area is 213 Å². The Morgan fingerprint density at radius 2 is 1.17 bits per heavy atom. The van der Waals surface area contributed by atoms with Gasteiger partial charge in [0.25, 0.3) is 0 Å². The second-order valence-electron chi connectivity index (χ2n) is 10.2. The molecule has 0 saturated heterocycles. The average molecular weight is 463 g/mol. The summed E-state index contributed by atoms with van der Waals surface area (Å²) in [5.74, 6) is 0. The Bertz CT molecular complexity index is 1790. The van der Waals surface area contributed by atoms with E-state index < -0.39 is 0 Å². The Balaban J connectivity index is 1.73. The van der Waals surface area contributed by atoms with Crippen molar-refractivity contribution in [2.75, 3.05) is 0 Å². The molecule has 6 aromatic rings. The maximum Gasteiger partial charge on any atom is -0.00112 e. The number of aryl methyl sites for hydroxylation is 1. The number of hydrogen-bond acceptors (Lipinski definition) is 0. The van der Waals surface area contributed by atoms with Gasteiger partial charge in [-0.2, -0.15) is 0 Å². The molecule has 7 rings (SSSR count). The van der Waals surface area contributed by atoms with Crippen molar-refractivity contribution in [2.45, 2.75) is 39.5 Å². The number of hydrogen-bond donors (Lipinski definition) is 0. The van der Waals surface area contributed by atoms with Crippen LogP contribution in [0.15, 0.2) is 97.1 Å². The molecule has 0 nitrogen and oxygen atoms in total. The van der Waals surface area contributed by atoms with E-state index in [2.05, 4.69) is 111 Å². The van der Waals surface area contributed by atoms with Gasteiger partial charge in [-0.1, -0.05) is 112 Å². The van der Waals surface area contributed by atoms with Crippen LogP contribution in [-0.4, -0.2) is 0 Å². The lowest BCUT2D eigenvalue weighted by Crippen LogP contribution is -1.99. The van der Waals surface area contributed by atoms with Gasteiger partial charge in [-0.05, 0) is 102 Å². The summed E-state index contributed by atoms with van der Waals surface area (Å²) >= 11 is 0. The number of fused-ring (bicyclic) bond motifs is 7. The van der Waals surface area contributed by atoms with Gasteiger partial charge in [0, 0.05) is 0 Å². The van der Waals surface area contributed by atoms with Crippen LogP contribution in [0.1, 0.15) is 37.8 Å². The van der Waals surface area contributed by atoms with E-state index in [0.717, 1.165) is 25.7 Å². The van der Waals surface area contributed by atoms with Gasteiger partial charge in [0.05, 0.1) is 0 Å². The van der Waals surface area contributed by atoms with Gasteiger partial charge in [0.2, 0.25) is 0 Å². The lowest BCUT2D eigenvalue weighted by atomic mass is 9.83. The molecule has 0 heteroatoms. The maximum absolute atomic E-state index is 2.53. The first-order valence-corrected chi connectivity index (χ1v) is 13.4. The van der Waals surface area contributed by atoms with E-state index in [-0.39, 0.29) is 0 Å². The van der Waals surface area contributed by atoms with Crippen LogP contribution in [0.2, 0.25) is 0 Å². The van der Waals surface area contributed by atoms with Crippen LogP contribution in [0.4, 0.5) is 0 Å². The molecule has 0 spiro atoms. The highest BCUT2D eigenvalue weighted by Crippen LogP contribution is 2.56. The summed E-state index contributed by atoms with van der Waals surface area (Å²) in [4.78, 5) is 0. The van der Waals surface area contributed by atoms with E-state index in [1.54, 1.807) is 0 Å². The second-order valence-corrected chi connectivity index (χ2v) is 10.2. The molecule has 0 unspecified atom stereocenters. The highest BCUT2D eigenvalue weighted by atomic mass is 14.3. The van der Waals surface area contributed by atoms with E-state index in [0.29, 0.717) is 0 Å². The zero-order valence-electron chi connectivity index (χ0n) is 21.1. The van der Waals surface area contributed by atoms with Crippen molar-refractivity contribution in [1.29, 1.82) is 0 Å². The normalized spacial score (nSPS) is 12.1. The van der Waals surface area contributed by atoms with E-state index in [9.17, 15) is 0 Å². The quantitative estimate of drug-likeness (QED) is 0.176. The van der Waals surface area contributed by atoms with Gasteiger partial charge in [-0.3, -0.25) is 0 Å². The molecule has 0 aliphatic heterocycles. The third kappa shape index (κ3) is 3.00. The minimum Gasteiger partial charge on any atom is -0.0651 e. The SMILES string of the molecule is CCCc1cc(-c2ccccc2)c(CCC)c2c1-c1c3ccccc3cc3c1c-2cc1ccccc13. The largest absolute Gasteiger partial charge is 0.0651 e. The topological polar surface area (TPSA) is 0 Å². The molecule has 0 N–H and O–H groups in total. The van der Waals surface area contributed by atoms with E-state index in [1.807, 2.05) is 0 Å². The first kappa shape index (κ1) is 21.4. The Morgan fingerprint density at radius 1 is 0.500 bits per heavy atom. The fourth-order valence-corrected chi connectivity index (χ4v) is 6.61. The minimum absolute atomic E-state index is 1.08. The van der Waals surface area contributed by atoms with Crippen LogP contribution in [0.5, 0.6) is 0 Å². The first-order valence-electron chi connectivity index (χ1n) is 13.4. The van der Waals surface area contributed by atoms with Gasteiger partial charge >= 0.3 is 0 Å². The predicted octanol–water partition coefficient (Wildman–Crippen LogP) is 10.4. The van der Waals surface area contributed by atoms with Crippen LogP contribution in [0.25, 0.3) is 65.7 Å². The average Bonchev–Trinajstić information content (AvgIpc) is 3.27. The summed E-state index contributed by atoms with van der Waals surface area (Å²) in [6.07, 6.45) is 4.44. The fourth-order valence-electron chi connectivity index (χ4n) is 6.61. The zero-order valence-corrected chi connectivity index (χ0v) is 21.1. The van der Waals surface area contributed by atoms with Crippen LogP contribution >= 0.6 is 0 Å². The predicted molar refractivity (Wildman–Crippen MR) is 157 cm³/mol. The van der Waals surface area contributed by atoms with Crippen molar-refractivity contribution in [3.05, 3.63) is 108 Å². The fraction of sp³-hybridized carbons (Fsp3) is 0.167. The number of benzene rings is 6. The molecular weight excluding hydrogens is 432 g/mol. The van der Waals surface area contributed by atoms with Crippen LogP contribution in [-0.2, 0) is 12.8 Å². The molecule has 0 saturated carbocycles. The zero-order chi connectivity index (χ0) is 24.2. The smallest absolute Gasteiger partial charge is 0.00112 e. The Kier molecular flexibility index (Phi) is 4.96. The maximum atomic E-state index is 2.53. The minimum atomic E-state index is 1.08. The van der Waals surface area contributed by atoms with Gasteiger partial charge in [0.15, 0.2) is 0 Å². The summed E-state index contributed by atoms with van der Waals surface area (Å²) in [6, 6.07) is 36.4. The van der Waals surface area contributed by atoms with Crippen molar-refractivity contribution in [3.63, 3.8) is 0 Å². The molecule has 0 aromatic heterocycles. The van der Waals surface area contributed by atoms with Gasteiger partial charge < -0.3 is 0 Å². The highest BCUT2D eigenvalue weighted by molar-refractivity contribution is 6.30. The third-order valence-electron chi connectivity index (χ3n) is 8.01. The molecule has 0 fully saturated rings. The molecule has 0 radical (unpaired) electrons. The van der Waals surface area contributed by atoms with Crippen molar-refractivity contribution in [3.8, 4) is 33.4 Å². The third-order valence-corrected chi connectivity index (χ3v) is 8.01. The van der Waals surface area contributed by atoms with E-state index in [1.165, 1.54) is 76.8 Å². The highest BCUT2D eigenvalue weighted by Gasteiger charge is 2.30. The summed E-state index contributed by atoms with van der Waals surface area (Å²) in [5, 5.41) is 8.24. The Hall–Kier alpha value is -3.90. The van der Waals surface area contributed by atoms with Gasteiger partial charge in [0.1, 0.15) is 0 Å². The number of rotatable bonds is 5. The van der Waals surface area contributed by atoms with Gasteiger partial charge in [-0.25, -0.2) is 0 Å². The monoisotopic (exact) mass is 462 g/mol. The van der Waals surface area contributed by atoms with Crippen molar-refractivity contribution in [1.82, 2.24) is 0 Å². The molecule has 0 heterocycles. The Morgan fingerprint density at radius 3 is 1.92 bits per heavy atom. The molecule has 1 aliphatic rings. The van der Waals surface area contributed by atoms with Crippen molar-refractivity contribution >= 4 is 32.3 Å². The van der Waals surface area contributed by atoms with E-state index >= 15 is 0 Å². The molecule has 0 atom stereocenters. The lowest BCUT2D eigenvalue weighted by molar-refractivity contribution is 0.910. The van der Waals surface area contributed by atoms with Gasteiger partial charge in [-0.15, -0.1) is 0 Å². The second kappa shape index (κ2) is 8.35. The standard InChI is InChI=1S/C36H30/c1-3-12-26-22-30(23-14-6-5-7-15-23)29(13-4-2)34-32-21-24-16-8-10-18-27(24)31-20-25-17-9-11-19-28(25)36(33(26)34)35(31)32/h5-11,14-22H,3-4,12-13H2,1-2H3. The van der Waals surface area contributed by atoms with Crippen molar-refractivity contribution < 1.29 is 0 Å². The summed E-state index contributed by atoms with van der Waals surface area (Å²) in [5.41, 5.74) is 11.6. The van der Waals surface area contributed by atoms with Crippen LogP contribution < -0.4 is 0 Å². The van der Waals surface area contributed by atoms with Crippen molar-refractivity contribution in [2.24, 2.45) is 0 Å². The van der Waals surface area contributed by atoms with Crippen LogP contribution in [0.3, 0.4) is 0 Å². The molecule has 1 aliphatic carbocycles. The molecule has 6 aromatic carbocycles. The summed E-state index contributed by atoms with van der Waals surface area (Å²) in [6.45, 7) is 4.62. The molecule has 0 bridgehead atoms. The van der Waals surface area contributed by atoms with E-state index in [4.69, 9.17) is 0 Å². The molecule has 174 valence electrons. The molecule has 0 amide bonds. The lowest BCUT2D eigenvalue weighted by Gasteiger charge is -2.20. The van der Waals surface area contributed by atoms with Crippen LogP contribution in [0, 0.1) is 0 Å². The first-order chi connectivity index (χ1) is 17.8. The molecular formula is C36H30. The molecule has 36 heavy (non-hydrogen) atoms.